The minimum absolute atomic E-state index is 0.372. The molecule has 5 aromatic rings. The summed E-state index contributed by atoms with van der Waals surface area (Å²) in [6, 6.07) is 18.0. The highest BCUT2D eigenvalue weighted by molar-refractivity contribution is 7.99. The fourth-order valence-electron chi connectivity index (χ4n) is 4.57. The van der Waals surface area contributed by atoms with Crippen molar-refractivity contribution in [3.8, 4) is 5.69 Å². The van der Waals surface area contributed by atoms with E-state index >= 15 is 0 Å². The van der Waals surface area contributed by atoms with Gasteiger partial charge < -0.3 is 9.47 Å². The first-order valence-electron chi connectivity index (χ1n) is 11.6. The van der Waals surface area contributed by atoms with E-state index in [1.54, 1.807) is 11.7 Å². The first-order valence-corrected chi connectivity index (χ1v) is 12.6. The molecule has 0 bridgehead atoms. The number of benzene rings is 2. The predicted molar refractivity (Wildman–Crippen MR) is 137 cm³/mol. The van der Waals surface area contributed by atoms with Crippen LogP contribution in [-0.4, -0.2) is 51.6 Å². The Balaban J connectivity index is 1.34. The van der Waals surface area contributed by atoms with Gasteiger partial charge in [0.25, 0.3) is 5.56 Å². The quantitative estimate of drug-likeness (QED) is 0.350. The lowest BCUT2D eigenvalue weighted by Gasteiger charge is -2.30. The van der Waals surface area contributed by atoms with Gasteiger partial charge in [-0.3, -0.25) is 14.3 Å². The van der Waals surface area contributed by atoms with Crippen LogP contribution in [0.2, 0.25) is 0 Å². The zero-order valence-electron chi connectivity index (χ0n) is 19.5. The summed E-state index contributed by atoms with van der Waals surface area (Å²) in [5.41, 5.74) is 3.27. The Kier molecular flexibility index (Phi) is 5.64. The molecule has 0 unspecified atom stereocenters. The van der Waals surface area contributed by atoms with Gasteiger partial charge >= 0.3 is 5.69 Å². The molecule has 0 fully saturated rings. The van der Waals surface area contributed by atoms with E-state index in [9.17, 15) is 9.59 Å². The van der Waals surface area contributed by atoms with E-state index in [2.05, 4.69) is 43.6 Å². The molecule has 2 aromatic carbocycles. The lowest BCUT2D eigenvalue weighted by Crippen LogP contribution is -2.33. The average molecular weight is 502 g/mol. The van der Waals surface area contributed by atoms with Gasteiger partial charge in [0.2, 0.25) is 11.1 Å². The third-order valence-corrected chi connectivity index (χ3v) is 7.29. The van der Waals surface area contributed by atoms with Crippen LogP contribution >= 0.6 is 11.8 Å². The number of aromatic nitrogens is 8. The zero-order chi connectivity index (χ0) is 24.6. The first kappa shape index (κ1) is 22.3. The van der Waals surface area contributed by atoms with E-state index in [0.29, 0.717) is 41.1 Å². The first-order chi connectivity index (χ1) is 17.6. The molecule has 0 radical (unpaired) electrons. The van der Waals surface area contributed by atoms with Crippen molar-refractivity contribution in [2.75, 3.05) is 17.2 Å². The number of rotatable bonds is 6. The smallest absolute Gasteiger partial charge is 0.329 e. The Morgan fingerprint density at radius 3 is 2.64 bits per heavy atom. The van der Waals surface area contributed by atoms with Gasteiger partial charge in [0.05, 0.1) is 5.69 Å². The molecule has 0 amide bonds. The maximum atomic E-state index is 12.9. The van der Waals surface area contributed by atoms with Crippen LogP contribution in [-0.2, 0) is 26.6 Å². The molecule has 1 N–H and O–H groups in total. The summed E-state index contributed by atoms with van der Waals surface area (Å²) >= 11 is 1.49. The van der Waals surface area contributed by atoms with Crippen molar-refractivity contribution in [3.63, 3.8) is 0 Å². The van der Waals surface area contributed by atoms with Gasteiger partial charge in [-0.05, 0) is 40.1 Å². The van der Waals surface area contributed by atoms with E-state index in [4.69, 9.17) is 4.98 Å². The number of hydrogen-bond acceptors (Lipinski definition) is 8. The van der Waals surface area contributed by atoms with Crippen molar-refractivity contribution in [2.45, 2.75) is 24.7 Å². The number of aryl methyl sites for hydroxylation is 2. The molecule has 3 aromatic heterocycles. The zero-order valence-corrected chi connectivity index (χ0v) is 20.4. The highest BCUT2D eigenvalue weighted by atomic mass is 32.2. The molecule has 11 nitrogen and oxygen atoms in total. The number of thioether (sulfide) groups is 1. The highest BCUT2D eigenvalue weighted by Crippen LogP contribution is 2.27. The number of nitrogens with zero attached hydrogens (tertiary/aromatic N) is 8. The van der Waals surface area contributed by atoms with Crippen LogP contribution in [0.1, 0.15) is 11.1 Å². The minimum Gasteiger partial charge on any atom is -0.338 e. The maximum Gasteiger partial charge on any atom is 0.329 e. The van der Waals surface area contributed by atoms with Gasteiger partial charge in [0, 0.05) is 32.4 Å². The number of nitrogens with one attached hydrogen (secondary N) is 1. The largest absolute Gasteiger partial charge is 0.338 e. The summed E-state index contributed by atoms with van der Waals surface area (Å²) in [7, 11) is 1.62. The summed E-state index contributed by atoms with van der Waals surface area (Å²) in [4.78, 5) is 34.6. The predicted octanol–water partition coefficient (Wildman–Crippen LogP) is 1.75. The standard InChI is InChI=1S/C24H23N9O2S/c1-30-20-19(21(34)26-23(30)35)32(22(25-20)31-12-11-16-7-5-6-8-17(16)15-31)13-14-36-24-27-28-29-33(24)18-9-3-2-4-10-18/h2-10H,11-15H2,1H3,(H,26,34,35). The summed E-state index contributed by atoms with van der Waals surface area (Å²) < 4.78 is 4.98. The number of tetrazole rings is 1. The molecule has 1 aliphatic rings. The van der Waals surface area contributed by atoms with Gasteiger partial charge in [0.15, 0.2) is 11.2 Å². The molecule has 0 atom stereocenters. The average Bonchev–Trinajstić information content (AvgIpc) is 3.53. The Bertz CT molecular complexity index is 1670. The Hall–Kier alpha value is -4.19. The van der Waals surface area contributed by atoms with Crippen LogP contribution < -0.4 is 16.1 Å². The van der Waals surface area contributed by atoms with E-state index in [-0.39, 0.29) is 0 Å². The maximum absolute atomic E-state index is 12.9. The molecule has 0 saturated carbocycles. The van der Waals surface area contributed by atoms with E-state index in [0.717, 1.165) is 18.7 Å². The van der Waals surface area contributed by atoms with Crippen molar-refractivity contribution in [2.24, 2.45) is 7.05 Å². The van der Waals surface area contributed by atoms with Crippen LogP contribution in [0, 0.1) is 0 Å². The molecule has 36 heavy (non-hydrogen) atoms. The van der Waals surface area contributed by atoms with Crippen molar-refractivity contribution in [3.05, 3.63) is 86.6 Å². The molecule has 4 heterocycles. The van der Waals surface area contributed by atoms with Crippen molar-refractivity contribution >= 4 is 28.9 Å². The monoisotopic (exact) mass is 501 g/mol. The molecule has 6 rings (SSSR count). The fraction of sp³-hybridized carbons (Fsp3) is 0.250. The highest BCUT2D eigenvalue weighted by Gasteiger charge is 2.24. The molecule has 182 valence electrons. The van der Waals surface area contributed by atoms with Crippen molar-refractivity contribution in [1.82, 2.24) is 39.3 Å². The summed E-state index contributed by atoms with van der Waals surface area (Å²) in [5, 5.41) is 12.8. The van der Waals surface area contributed by atoms with Crippen LogP contribution in [0.4, 0.5) is 5.95 Å². The SMILES string of the molecule is Cn1c(=O)[nH]c(=O)c2c1nc(N1CCc3ccccc3C1)n2CCSc1nnnn1-c1ccccc1. The van der Waals surface area contributed by atoms with Crippen molar-refractivity contribution in [1.29, 1.82) is 0 Å². The van der Waals surface area contributed by atoms with Gasteiger partial charge in [0.1, 0.15) is 0 Å². The van der Waals surface area contributed by atoms with Gasteiger partial charge in [-0.1, -0.05) is 54.2 Å². The number of para-hydroxylation sites is 1. The summed E-state index contributed by atoms with van der Waals surface area (Å²) in [6.07, 6.45) is 0.884. The number of imidazole rings is 1. The topological polar surface area (TPSA) is 120 Å². The van der Waals surface area contributed by atoms with Crippen LogP contribution in [0.5, 0.6) is 0 Å². The summed E-state index contributed by atoms with van der Waals surface area (Å²) in [5.74, 6) is 1.27. The van der Waals surface area contributed by atoms with Crippen LogP contribution in [0.25, 0.3) is 16.9 Å². The number of anilines is 1. The number of H-pyrrole nitrogens is 1. The lowest BCUT2D eigenvalue weighted by molar-refractivity contribution is 0.670. The van der Waals surface area contributed by atoms with Crippen molar-refractivity contribution < 1.29 is 0 Å². The summed E-state index contributed by atoms with van der Waals surface area (Å²) in [6.45, 7) is 1.94. The number of aromatic amines is 1. The van der Waals surface area contributed by atoms with Crippen LogP contribution in [0.3, 0.4) is 0 Å². The minimum atomic E-state index is -0.482. The molecule has 0 spiro atoms. The number of hydrogen-bond donors (Lipinski definition) is 1. The second-order valence-electron chi connectivity index (χ2n) is 8.55. The van der Waals surface area contributed by atoms with Gasteiger partial charge in [-0.2, -0.15) is 9.67 Å². The second kappa shape index (κ2) is 9.11. The van der Waals surface area contributed by atoms with Crippen LogP contribution in [0.15, 0.2) is 69.3 Å². The molecule has 0 aliphatic carbocycles. The van der Waals surface area contributed by atoms with E-state index < -0.39 is 11.2 Å². The second-order valence-corrected chi connectivity index (χ2v) is 9.61. The normalized spacial score (nSPS) is 13.3. The van der Waals surface area contributed by atoms with Gasteiger partial charge in [-0.15, -0.1) is 5.10 Å². The van der Waals surface area contributed by atoms with Gasteiger partial charge in [-0.25, -0.2) is 4.79 Å². The van der Waals surface area contributed by atoms with E-state index in [1.165, 1.54) is 27.5 Å². The third kappa shape index (κ3) is 3.88. The Morgan fingerprint density at radius 1 is 1.03 bits per heavy atom. The molecule has 12 heteroatoms. The Labute approximate surface area is 209 Å². The number of fused-ring (bicyclic) bond motifs is 2. The molecule has 1 aliphatic heterocycles. The van der Waals surface area contributed by atoms with E-state index in [1.807, 2.05) is 41.0 Å². The lowest BCUT2D eigenvalue weighted by atomic mass is 10.0. The Morgan fingerprint density at radius 2 is 1.81 bits per heavy atom. The molecule has 0 saturated heterocycles. The third-order valence-electron chi connectivity index (χ3n) is 6.39. The molecular formula is C24H23N9O2S. The fourth-order valence-corrected chi connectivity index (χ4v) is 5.39. The molecular weight excluding hydrogens is 478 g/mol.